The van der Waals surface area contributed by atoms with E-state index in [1.165, 1.54) is 7.05 Å². The summed E-state index contributed by atoms with van der Waals surface area (Å²) in [4.78, 5) is 39.1. The van der Waals surface area contributed by atoms with Gasteiger partial charge in [-0.1, -0.05) is 48.5 Å². The van der Waals surface area contributed by atoms with Gasteiger partial charge in [0.25, 0.3) is 5.91 Å². The number of hydrogen-bond acceptors (Lipinski definition) is 3. The van der Waals surface area contributed by atoms with E-state index >= 15 is 0 Å². The molecule has 2 aliphatic rings. The number of benzene rings is 2. The minimum absolute atomic E-state index is 0.0565. The van der Waals surface area contributed by atoms with Gasteiger partial charge in [0.2, 0.25) is 5.91 Å². The van der Waals surface area contributed by atoms with Crippen molar-refractivity contribution in [3.8, 4) is 11.3 Å². The summed E-state index contributed by atoms with van der Waals surface area (Å²) in [6.07, 6.45) is -0.0565. The average Bonchev–Trinajstić information content (AvgIpc) is 3.14. The van der Waals surface area contributed by atoms with E-state index in [1.54, 1.807) is 4.57 Å². The van der Waals surface area contributed by atoms with E-state index in [9.17, 15) is 14.4 Å². The Morgan fingerprint density at radius 3 is 2.46 bits per heavy atom. The van der Waals surface area contributed by atoms with Crippen LogP contribution in [-0.4, -0.2) is 34.4 Å². The third-order valence-electron chi connectivity index (χ3n) is 5.34. The van der Waals surface area contributed by atoms with Crippen molar-refractivity contribution < 1.29 is 14.4 Å². The molecule has 5 rings (SSSR count). The maximum Gasteiger partial charge on any atom is 0.327 e. The predicted molar refractivity (Wildman–Crippen MR) is 95.4 cm³/mol. The second kappa shape index (κ2) is 4.82. The van der Waals surface area contributed by atoms with Gasteiger partial charge in [-0.3, -0.25) is 19.1 Å². The number of likely N-dealkylation sites (N-methyl/N-ethyl adjacent to an activating group) is 1. The molecule has 6 heteroatoms. The van der Waals surface area contributed by atoms with Crippen molar-refractivity contribution in [2.75, 3.05) is 7.05 Å². The molecule has 1 atom stereocenters. The van der Waals surface area contributed by atoms with Crippen LogP contribution >= 0.6 is 0 Å². The van der Waals surface area contributed by atoms with Crippen LogP contribution in [0, 0.1) is 0 Å². The van der Waals surface area contributed by atoms with Crippen molar-refractivity contribution in [3.63, 3.8) is 0 Å². The van der Waals surface area contributed by atoms with Crippen molar-refractivity contribution in [1.29, 1.82) is 0 Å². The van der Waals surface area contributed by atoms with Gasteiger partial charge in [-0.05, 0) is 11.6 Å². The van der Waals surface area contributed by atoms with Gasteiger partial charge in [0, 0.05) is 18.0 Å². The van der Waals surface area contributed by atoms with Crippen LogP contribution in [0.4, 0.5) is 4.79 Å². The highest BCUT2D eigenvalue weighted by atomic mass is 16.2. The maximum absolute atomic E-state index is 13.0. The molecule has 128 valence electrons. The summed E-state index contributed by atoms with van der Waals surface area (Å²) >= 11 is 0. The summed E-state index contributed by atoms with van der Waals surface area (Å²) in [5.74, 6) is -0.687. The zero-order valence-corrected chi connectivity index (χ0v) is 14.0. The van der Waals surface area contributed by atoms with Crippen molar-refractivity contribution in [2.45, 2.75) is 12.0 Å². The highest BCUT2D eigenvalue weighted by molar-refractivity contribution is 6.14. The van der Waals surface area contributed by atoms with Crippen LogP contribution in [0.15, 0.2) is 54.6 Å². The summed E-state index contributed by atoms with van der Waals surface area (Å²) < 4.78 is 1.60. The lowest BCUT2D eigenvalue weighted by Gasteiger charge is -2.33. The Morgan fingerprint density at radius 1 is 1.00 bits per heavy atom. The minimum Gasteiger partial charge on any atom is -0.318 e. The van der Waals surface area contributed by atoms with E-state index in [0.717, 1.165) is 21.5 Å². The fourth-order valence-corrected chi connectivity index (χ4v) is 4.07. The van der Waals surface area contributed by atoms with Gasteiger partial charge in [0.1, 0.15) is 0 Å². The number of nitrogens with zero attached hydrogens (tertiary/aromatic N) is 2. The molecule has 1 aromatic heterocycles. The zero-order valence-electron chi connectivity index (χ0n) is 14.0. The van der Waals surface area contributed by atoms with Gasteiger partial charge >= 0.3 is 6.03 Å². The van der Waals surface area contributed by atoms with E-state index in [-0.39, 0.29) is 12.3 Å². The second-order valence-corrected chi connectivity index (χ2v) is 6.74. The Morgan fingerprint density at radius 2 is 1.77 bits per heavy atom. The molecule has 2 aromatic carbocycles. The van der Waals surface area contributed by atoms with Crippen LogP contribution in [0.25, 0.3) is 22.2 Å². The fraction of sp³-hybridized carbons (Fsp3) is 0.150. The van der Waals surface area contributed by atoms with Gasteiger partial charge < -0.3 is 5.32 Å². The number of para-hydroxylation sites is 1. The van der Waals surface area contributed by atoms with Crippen molar-refractivity contribution >= 4 is 28.7 Å². The zero-order chi connectivity index (χ0) is 18.1. The van der Waals surface area contributed by atoms with E-state index in [1.807, 2.05) is 54.6 Å². The first-order valence-corrected chi connectivity index (χ1v) is 8.37. The first kappa shape index (κ1) is 14.9. The Hall–Kier alpha value is -3.41. The molecule has 0 aliphatic carbocycles. The molecule has 1 spiro atoms. The second-order valence-electron chi connectivity index (χ2n) is 6.74. The van der Waals surface area contributed by atoms with Crippen molar-refractivity contribution in [3.05, 3.63) is 60.2 Å². The standard InChI is InChI=1S/C20H15N3O3/c1-22-16(24)11-20(18(22)25)14-9-5-8-13-10-15(12-6-3-2-4-7-12)23(17(13)14)19(26)21-20/h2-10H,11H2,1H3,(H,21,26). The van der Waals surface area contributed by atoms with Crippen LogP contribution in [0.3, 0.4) is 0 Å². The smallest absolute Gasteiger partial charge is 0.318 e. The number of amides is 3. The van der Waals surface area contributed by atoms with E-state index in [2.05, 4.69) is 5.32 Å². The van der Waals surface area contributed by atoms with Gasteiger partial charge in [0.15, 0.2) is 5.54 Å². The summed E-state index contributed by atoms with van der Waals surface area (Å²) in [5.41, 5.74) is 1.70. The normalized spacial score (nSPS) is 21.7. The number of imide groups is 1. The lowest BCUT2D eigenvalue weighted by atomic mass is 9.85. The molecule has 6 nitrogen and oxygen atoms in total. The molecule has 3 aromatic rings. The first-order valence-electron chi connectivity index (χ1n) is 8.37. The Labute approximate surface area is 149 Å². The van der Waals surface area contributed by atoms with Crippen LogP contribution in [0.2, 0.25) is 0 Å². The molecule has 26 heavy (non-hydrogen) atoms. The highest BCUT2D eigenvalue weighted by Crippen LogP contribution is 2.42. The quantitative estimate of drug-likeness (QED) is 0.689. The minimum atomic E-state index is -1.31. The largest absolute Gasteiger partial charge is 0.327 e. The topological polar surface area (TPSA) is 71.4 Å². The lowest BCUT2D eigenvalue weighted by molar-refractivity contribution is -0.138. The third-order valence-corrected chi connectivity index (χ3v) is 5.34. The average molecular weight is 345 g/mol. The Bertz CT molecular complexity index is 1120. The van der Waals surface area contributed by atoms with Crippen LogP contribution in [0.5, 0.6) is 0 Å². The summed E-state index contributed by atoms with van der Waals surface area (Å²) in [6, 6.07) is 16.8. The molecular formula is C20H15N3O3. The number of likely N-dealkylation sites (tertiary alicyclic amines) is 1. The van der Waals surface area contributed by atoms with E-state index < -0.39 is 17.5 Å². The SMILES string of the molecule is CN1C(=O)CC2(NC(=O)n3c(-c4ccccc4)cc4cccc2c43)C1=O. The number of aromatic nitrogens is 1. The molecule has 1 saturated heterocycles. The number of fused-ring (bicyclic) bond motifs is 1. The lowest BCUT2D eigenvalue weighted by Crippen LogP contribution is -2.55. The maximum atomic E-state index is 13.0. The summed E-state index contributed by atoms with van der Waals surface area (Å²) in [7, 11) is 1.45. The predicted octanol–water partition coefficient (Wildman–Crippen LogP) is 2.46. The van der Waals surface area contributed by atoms with Gasteiger partial charge in [0.05, 0.1) is 17.6 Å². The fourth-order valence-electron chi connectivity index (χ4n) is 4.07. The molecule has 0 saturated carbocycles. The number of carbonyl (C=O) groups is 3. The number of rotatable bonds is 1. The molecule has 1 N–H and O–H groups in total. The Balaban J connectivity index is 1.85. The van der Waals surface area contributed by atoms with Crippen LogP contribution < -0.4 is 5.32 Å². The molecule has 3 amide bonds. The monoisotopic (exact) mass is 345 g/mol. The number of nitrogens with one attached hydrogen (secondary N) is 1. The van der Waals surface area contributed by atoms with Gasteiger partial charge in [-0.15, -0.1) is 0 Å². The van der Waals surface area contributed by atoms with Crippen LogP contribution in [-0.2, 0) is 15.1 Å². The molecule has 0 radical (unpaired) electrons. The number of carbonyl (C=O) groups excluding carboxylic acids is 3. The summed E-state index contributed by atoms with van der Waals surface area (Å²) in [5, 5.41) is 3.69. The first-order chi connectivity index (χ1) is 12.5. The van der Waals surface area contributed by atoms with Crippen molar-refractivity contribution in [1.82, 2.24) is 14.8 Å². The molecule has 1 fully saturated rings. The molecule has 0 bridgehead atoms. The molecule has 3 heterocycles. The Kier molecular flexibility index (Phi) is 2.76. The van der Waals surface area contributed by atoms with Crippen molar-refractivity contribution in [2.24, 2.45) is 0 Å². The summed E-state index contributed by atoms with van der Waals surface area (Å²) in [6.45, 7) is 0. The van der Waals surface area contributed by atoms with E-state index in [4.69, 9.17) is 0 Å². The van der Waals surface area contributed by atoms with E-state index in [0.29, 0.717) is 11.1 Å². The molecular weight excluding hydrogens is 330 g/mol. The number of hydrogen-bond donors (Lipinski definition) is 1. The van der Waals surface area contributed by atoms with Gasteiger partial charge in [-0.2, -0.15) is 0 Å². The van der Waals surface area contributed by atoms with Crippen LogP contribution in [0.1, 0.15) is 12.0 Å². The highest BCUT2D eigenvalue weighted by Gasteiger charge is 2.55. The molecule has 2 aliphatic heterocycles. The third kappa shape index (κ3) is 1.68. The molecule has 1 unspecified atom stereocenters. The van der Waals surface area contributed by atoms with Gasteiger partial charge in [-0.25, -0.2) is 4.79 Å².